The minimum Gasteiger partial charge on any atom is -0.361 e. The normalized spacial score (nSPS) is 17.2. The van der Waals surface area contributed by atoms with Gasteiger partial charge in [-0.05, 0) is 56.4 Å². The number of H-pyrrole nitrogens is 2. The van der Waals surface area contributed by atoms with E-state index in [4.69, 9.17) is 11.6 Å². The molecule has 1 aliphatic rings. The molecule has 1 aromatic carbocycles. The molecule has 6 nitrogen and oxygen atoms in total. The highest BCUT2D eigenvalue weighted by Gasteiger charge is 2.33. The Morgan fingerprint density at radius 1 is 1.23 bits per heavy atom. The van der Waals surface area contributed by atoms with Crippen molar-refractivity contribution in [3.63, 3.8) is 0 Å². The molecule has 0 aliphatic carbocycles. The predicted molar refractivity (Wildman–Crippen MR) is 102 cm³/mol. The Kier molecular flexibility index (Phi) is 4.33. The molecular formula is C18H21ClN4O2S. The average Bonchev–Trinajstić information content (AvgIpc) is 3.18. The number of halogens is 1. The third-order valence-corrected chi connectivity index (χ3v) is 7.63. The molecule has 2 N–H and O–H groups in total. The van der Waals surface area contributed by atoms with Crippen molar-refractivity contribution in [2.75, 3.05) is 13.1 Å². The number of piperidine rings is 1. The number of aromatic amines is 2. The summed E-state index contributed by atoms with van der Waals surface area (Å²) in [5, 5.41) is 8.63. The van der Waals surface area contributed by atoms with E-state index in [1.54, 1.807) is 18.2 Å². The van der Waals surface area contributed by atoms with E-state index in [1.807, 2.05) is 24.4 Å². The van der Waals surface area contributed by atoms with Gasteiger partial charge in [0.15, 0.2) is 0 Å². The van der Waals surface area contributed by atoms with Gasteiger partial charge in [-0.2, -0.15) is 9.40 Å². The van der Waals surface area contributed by atoms with Crippen LogP contribution in [-0.2, 0) is 10.0 Å². The molecule has 0 bridgehead atoms. The summed E-state index contributed by atoms with van der Waals surface area (Å²) in [6, 6.07) is 5.82. The SMILES string of the molecule is Cc1n[nH]c(C)c1S(=O)(=O)N1CCC(c2c[nH]c3ccc(Cl)cc23)CC1. The summed E-state index contributed by atoms with van der Waals surface area (Å²) in [5.41, 5.74) is 3.39. The van der Waals surface area contributed by atoms with Gasteiger partial charge in [0, 0.05) is 35.2 Å². The van der Waals surface area contributed by atoms with Crippen molar-refractivity contribution in [2.45, 2.75) is 37.5 Å². The lowest BCUT2D eigenvalue weighted by Gasteiger charge is -2.31. The van der Waals surface area contributed by atoms with Gasteiger partial charge in [-0.25, -0.2) is 8.42 Å². The van der Waals surface area contributed by atoms with Gasteiger partial charge >= 0.3 is 0 Å². The maximum absolute atomic E-state index is 13.0. The van der Waals surface area contributed by atoms with E-state index in [0.717, 1.165) is 23.7 Å². The van der Waals surface area contributed by atoms with Gasteiger partial charge in [0.2, 0.25) is 10.0 Å². The number of hydrogen-bond donors (Lipinski definition) is 2. The van der Waals surface area contributed by atoms with Crippen molar-refractivity contribution in [2.24, 2.45) is 0 Å². The van der Waals surface area contributed by atoms with Crippen LogP contribution in [-0.4, -0.2) is 41.0 Å². The fourth-order valence-electron chi connectivity index (χ4n) is 3.91. The number of fused-ring (bicyclic) bond motifs is 1. The monoisotopic (exact) mass is 392 g/mol. The molecule has 0 atom stereocenters. The molecular weight excluding hydrogens is 372 g/mol. The van der Waals surface area contributed by atoms with E-state index < -0.39 is 10.0 Å². The highest BCUT2D eigenvalue weighted by Crippen LogP contribution is 2.36. The largest absolute Gasteiger partial charge is 0.361 e. The maximum atomic E-state index is 13.0. The second kappa shape index (κ2) is 6.40. The standard InChI is InChI=1S/C18H21ClN4O2S/c1-11-18(12(2)22-21-11)26(24,25)23-7-5-13(6-8-23)16-10-20-17-4-3-14(19)9-15(16)17/h3-4,9-10,13,20H,5-8H2,1-2H3,(H,21,22). The molecule has 2 aromatic heterocycles. The predicted octanol–water partition coefficient (Wildman–Crippen LogP) is 3.73. The number of aryl methyl sites for hydroxylation is 2. The van der Waals surface area contributed by atoms with Crippen LogP contribution >= 0.6 is 11.6 Å². The van der Waals surface area contributed by atoms with Crippen molar-refractivity contribution in [1.29, 1.82) is 0 Å². The first-order chi connectivity index (χ1) is 12.4. The molecule has 1 fully saturated rings. The molecule has 0 amide bonds. The van der Waals surface area contributed by atoms with E-state index in [2.05, 4.69) is 15.2 Å². The van der Waals surface area contributed by atoms with E-state index >= 15 is 0 Å². The zero-order valence-corrected chi connectivity index (χ0v) is 16.3. The molecule has 138 valence electrons. The van der Waals surface area contributed by atoms with Crippen LogP contribution < -0.4 is 0 Å². The Labute approximate surface area is 157 Å². The average molecular weight is 393 g/mol. The molecule has 1 saturated heterocycles. The summed E-state index contributed by atoms with van der Waals surface area (Å²) in [5.74, 6) is 0.320. The minimum atomic E-state index is -3.51. The lowest BCUT2D eigenvalue weighted by molar-refractivity contribution is 0.320. The fourth-order valence-corrected chi connectivity index (χ4v) is 5.88. The molecule has 0 radical (unpaired) electrons. The summed E-state index contributed by atoms with van der Waals surface area (Å²) in [4.78, 5) is 3.60. The molecule has 3 aromatic rings. The third-order valence-electron chi connectivity index (χ3n) is 5.23. The molecule has 3 heterocycles. The number of nitrogens with one attached hydrogen (secondary N) is 2. The molecule has 0 spiro atoms. The summed E-state index contributed by atoms with van der Waals surface area (Å²) >= 11 is 6.15. The third kappa shape index (κ3) is 2.84. The summed E-state index contributed by atoms with van der Waals surface area (Å²) < 4.78 is 27.5. The number of sulfonamides is 1. The van der Waals surface area contributed by atoms with Crippen molar-refractivity contribution in [3.8, 4) is 0 Å². The first-order valence-corrected chi connectivity index (χ1v) is 10.5. The Morgan fingerprint density at radius 2 is 1.96 bits per heavy atom. The Balaban J connectivity index is 1.56. The highest BCUT2D eigenvalue weighted by molar-refractivity contribution is 7.89. The van der Waals surface area contributed by atoms with Crippen LogP contribution in [0.4, 0.5) is 0 Å². The Bertz CT molecular complexity index is 1040. The summed E-state index contributed by atoms with van der Waals surface area (Å²) in [6.07, 6.45) is 3.60. The summed E-state index contributed by atoms with van der Waals surface area (Å²) in [7, 11) is -3.51. The van der Waals surface area contributed by atoms with Gasteiger partial charge < -0.3 is 4.98 Å². The van der Waals surface area contributed by atoms with E-state index in [0.29, 0.717) is 40.3 Å². The van der Waals surface area contributed by atoms with Crippen LogP contribution in [0.1, 0.15) is 35.7 Å². The second-order valence-corrected chi connectivity index (χ2v) is 9.19. The molecule has 4 rings (SSSR count). The van der Waals surface area contributed by atoms with Crippen molar-refractivity contribution < 1.29 is 8.42 Å². The highest BCUT2D eigenvalue weighted by atomic mass is 35.5. The molecule has 0 unspecified atom stereocenters. The lowest BCUT2D eigenvalue weighted by Crippen LogP contribution is -2.38. The Morgan fingerprint density at radius 3 is 2.62 bits per heavy atom. The number of nitrogens with zero attached hydrogens (tertiary/aromatic N) is 2. The second-order valence-electron chi connectivity index (χ2n) is 6.88. The topological polar surface area (TPSA) is 81.8 Å². The van der Waals surface area contributed by atoms with Gasteiger partial charge in [-0.1, -0.05) is 11.6 Å². The van der Waals surface area contributed by atoms with Crippen LogP contribution in [0.5, 0.6) is 0 Å². The van der Waals surface area contributed by atoms with Gasteiger partial charge in [0.05, 0.1) is 11.4 Å². The van der Waals surface area contributed by atoms with E-state index in [1.165, 1.54) is 5.56 Å². The number of benzene rings is 1. The number of rotatable bonds is 3. The van der Waals surface area contributed by atoms with Crippen LogP contribution in [0.2, 0.25) is 5.02 Å². The van der Waals surface area contributed by atoms with Gasteiger partial charge in [-0.3, -0.25) is 5.10 Å². The number of aromatic nitrogens is 3. The van der Waals surface area contributed by atoms with E-state index in [-0.39, 0.29) is 0 Å². The Hall–Kier alpha value is -1.83. The molecule has 1 aliphatic heterocycles. The lowest BCUT2D eigenvalue weighted by atomic mass is 9.90. The van der Waals surface area contributed by atoms with Crippen LogP contribution in [0.3, 0.4) is 0 Å². The van der Waals surface area contributed by atoms with Crippen LogP contribution in [0.25, 0.3) is 10.9 Å². The van der Waals surface area contributed by atoms with E-state index in [9.17, 15) is 8.42 Å². The smallest absolute Gasteiger partial charge is 0.246 e. The fraction of sp³-hybridized carbons (Fsp3) is 0.389. The zero-order valence-electron chi connectivity index (χ0n) is 14.7. The molecule has 0 saturated carbocycles. The van der Waals surface area contributed by atoms with Crippen LogP contribution in [0.15, 0.2) is 29.3 Å². The van der Waals surface area contributed by atoms with Crippen molar-refractivity contribution in [1.82, 2.24) is 19.5 Å². The molecule has 8 heteroatoms. The van der Waals surface area contributed by atoms with Gasteiger partial charge in [0.1, 0.15) is 4.90 Å². The minimum absolute atomic E-state index is 0.315. The quantitative estimate of drug-likeness (QED) is 0.712. The maximum Gasteiger partial charge on any atom is 0.246 e. The zero-order chi connectivity index (χ0) is 18.5. The van der Waals surface area contributed by atoms with Crippen molar-refractivity contribution in [3.05, 3.63) is 46.4 Å². The number of hydrogen-bond acceptors (Lipinski definition) is 3. The van der Waals surface area contributed by atoms with Gasteiger partial charge in [-0.15, -0.1) is 0 Å². The first-order valence-electron chi connectivity index (χ1n) is 8.66. The summed E-state index contributed by atoms with van der Waals surface area (Å²) in [6.45, 7) is 4.47. The van der Waals surface area contributed by atoms with Crippen LogP contribution in [0, 0.1) is 13.8 Å². The first kappa shape index (κ1) is 17.6. The van der Waals surface area contributed by atoms with Gasteiger partial charge in [0.25, 0.3) is 0 Å². The van der Waals surface area contributed by atoms with Crippen molar-refractivity contribution >= 4 is 32.5 Å². The molecule has 26 heavy (non-hydrogen) atoms.